The summed E-state index contributed by atoms with van der Waals surface area (Å²) in [4.78, 5) is 36.9. The Balaban J connectivity index is 1.37. The monoisotopic (exact) mass is 422 g/mol. The van der Waals surface area contributed by atoms with Crippen LogP contribution in [0.15, 0.2) is 35.7 Å². The van der Waals surface area contributed by atoms with E-state index in [-0.39, 0.29) is 11.7 Å². The van der Waals surface area contributed by atoms with Gasteiger partial charge in [-0.15, -0.1) is 11.3 Å². The van der Waals surface area contributed by atoms with Gasteiger partial charge >= 0.3 is 0 Å². The lowest BCUT2D eigenvalue weighted by atomic mass is 10.1. The fourth-order valence-corrected chi connectivity index (χ4v) is 4.90. The molecule has 0 bridgehead atoms. The number of aryl methyl sites for hydroxylation is 1. The minimum atomic E-state index is -0.0252. The lowest BCUT2D eigenvalue weighted by Gasteiger charge is -2.34. The fraction of sp³-hybridized carbons (Fsp3) is 0.348. The number of rotatable bonds is 5. The highest BCUT2D eigenvalue weighted by molar-refractivity contribution is 7.13. The van der Waals surface area contributed by atoms with E-state index in [9.17, 15) is 9.59 Å². The number of ketones is 1. The predicted octanol–water partition coefficient (Wildman–Crippen LogP) is 3.92. The average Bonchev–Trinajstić information content (AvgIpc) is 3.32. The topological polar surface area (TPSA) is 69.3 Å². The molecule has 156 valence electrons. The second-order valence-electron chi connectivity index (χ2n) is 7.76. The summed E-state index contributed by atoms with van der Waals surface area (Å²) in [5, 5.41) is 3.16. The summed E-state index contributed by atoms with van der Waals surface area (Å²) in [5.74, 6) is -0.0361. The summed E-state index contributed by atoms with van der Waals surface area (Å²) in [6, 6.07) is 10.2. The first-order valence-electron chi connectivity index (χ1n) is 10.2. The number of hydrogen-bond acceptors (Lipinski definition) is 5. The standard InChI is InChI=1S/C23H26N4O2S/c1-15-20(17(3)28)16(2)24-21(15)23(29)27-11-9-26(10-12-27)13-19-14-30-22(25-19)18-7-5-4-6-8-18/h4-8,14,24H,9-13H2,1-3H3. The lowest BCUT2D eigenvalue weighted by molar-refractivity contribution is 0.0621. The van der Waals surface area contributed by atoms with Gasteiger partial charge in [-0.1, -0.05) is 30.3 Å². The predicted molar refractivity (Wildman–Crippen MR) is 119 cm³/mol. The Labute approximate surface area is 180 Å². The molecule has 0 radical (unpaired) electrons. The minimum absolute atomic E-state index is 0.0109. The van der Waals surface area contributed by atoms with Crippen molar-refractivity contribution < 1.29 is 9.59 Å². The molecule has 1 aromatic carbocycles. The zero-order chi connectivity index (χ0) is 21.3. The number of benzene rings is 1. The van der Waals surface area contributed by atoms with E-state index < -0.39 is 0 Å². The molecular weight excluding hydrogens is 396 g/mol. The van der Waals surface area contributed by atoms with Crippen molar-refractivity contribution in [1.82, 2.24) is 19.8 Å². The summed E-state index contributed by atoms with van der Waals surface area (Å²) in [6.45, 7) is 8.97. The molecule has 7 heteroatoms. The van der Waals surface area contributed by atoms with E-state index in [0.29, 0.717) is 24.3 Å². The van der Waals surface area contributed by atoms with Crippen molar-refractivity contribution in [3.8, 4) is 10.6 Å². The Hall–Kier alpha value is -2.77. The number of aromatic nitrogens is 2. The van der Waals surface area contributed by atoms with Gasteiger partial charge < -0.3 is 9.88 Å². The van der Waals surface area contributed by atoms with E-state index in [1.54, 1.807) is 11.3 Å². The first-order chi connectivity index (χ1) is 14.4. The normalized spacial score (nSPS) is 14.8. The van der Waals surface area contributed by atoms with Crippen LogP contribution in [0.3, 0.4) is 0 Å². The van der Waals surface area contributed by atoms with Crippen LogP contribution in [-0.4, -0.2) is 57.6 Å². The molecule has 1 saturated heterocycles. The van der Waals surface area contributed by atoms with Crippen molar-refractivity contribution in [3.63, 3.8) is 0 Å². The Bertz CT molecular complexity index is 1060. The molecule has 1 aliphatic heterocycles. The van der Waals surface area contributed by atoms with Crippen LogP contribution in [0.1, 0.15) is 44.7 Å². The Kier molecular flexibility index (Phi) is 5.83. The Morgan fingerprint density at radius 2 is 1.80 bits per heavy atom. The number of nitrogens with one attached hydrogen (secondary N) is 1. The van der Waals surface area contributed by atoms with Gasteiger partial charge in [0.2, 0.25) is 0 Å². The molecule has 3 heterocycles. The zero-order valence-corrected chi connectivity index (χ0v) is 18.4. The molecular formula is C23H26N4O2S. The van der Waals surface area contributed by atoms with E-state index in [0.717, 1.165) is 47.2 Å². The van der Waals surface area contributed by atoms with Crippen LogP contribution >= 0.6 is 11.3 Å². The second kappa shape index (κ2) is 8.53. The third kappa shape index (κ3) is 4.08. The molecule has 6 nitrogen and oxygen atoms in total. The fourth-order valence-electron chi connectivity index (χ4n) is 4.08. The molecule has 0 aliphatic carbocycles. The van der Waals surface area contributed by atoms with Gasteiger partial charge in [-0.25, -0.2) is 4.98 Å². The number of amides is 1. The molecule has 4 rings (SSSR count). The quantitative estimate of drug-likeness (QED) is 0.633. The lowest BCUT2D eigenvalue weighted by Crippen LogP contribution is -2.48. The van der Waals surface area contributed by atoms with Gasteiger partial charge in [-0.3, -0.25) is 14.5 Å². The van der Waals surface area contributed by atoms with Crippen molar-refractivity contribution in [3.05, 3.63) is 63.9 Å². The van der Waals surface area contributed by atoms with E-state index in [1.165, 1.54) is 6.92 Å². The summed E-state index contributed by atoms with van der Waals surface area (Å²) < 4.78 is 0. The van der Waals surface area contributed by atoms with Gasteiger partial charge in [-0.05, 0) is 26.3 Å². The first kappa shape index (κ1) is 20.5. The van der Waals surface area contributed by atoms with E-state index >= 15 is 0 Å². The van der Waals surface area contributed by atoms with Gasteiger partial charge in [0.25, 0.3) is 5.91 Å². The number of hydrogen-bond donors (Lipinski definition) is 1. The van der Waals surface area contributed by atoms with Gasteiger partial charge in [-0.2, -0.15) is 0 Å². The van der Waals surface area contributed by atoms with Crippen molar-refractivity contribution in [2.24, 2.45) is 0 Å². The summed E-state index contributed by atoms with van der Waals surface area (Å²) in [6.07, 6.45) is 0. The maximum absolute atomic E-state index is 13.0. The zero-order valence-electron chi connectivity index (χ0n) is 17.6. The third-order valence-electron chi connectivity index (χ3n) is 5.62. The molecule has 1 amide bonds. The number of aromatic amines is 1. The largest absolute Gasteiger partial charge is 0.354 e. The minimum Gasteiger partial charge on any atom is -0.354 e. The number of Topliss-reactive ketones (excluding diaryl/α,β-unsaturated/α-hetero) is 1. The molecule has 0 atom stereocenters. The molecule has 1 N–H and O–H groups in total. The third-order valence-corrected chi connectivity index (χ3v) is 6.56. The Morgan fingerprint density at radius 1 is 1.10 bits per heavy atom. The number of nitrogens with zero attached hydrogens (tertiary/aromatic N) is 3. The number of H-pyrrole nitrogens is 1. The van der Waals surface area contributed by atoms with Crippen LogP contribution in [0.2, 0.25) is 0 Å². The van der Waals surface area contributed by atoms with Crippen LogP contribution in [-0.2, 0) is 6.54 Å². The van der Waals surface area contributed by atoms with Gasteiger partial charge in [0, 0.05) is 54.9 Å². The van der Waals surface area contributed by atoms with E-state index in [1.807, 2.05) is 36.9 Å². The number of piperazine rings is 1. The van der Waals surface area contributed by atoms with Crippen molar-refractivity contribution >= 4 is 23.0 Å². The first-order valence-corrected chi connectivity index (χ1v) is 11.0. The average molecular weight is 423 g/mol. The van der Waals surface area contributed by atoms with Crippen molar-refractivity contribution in [2.45, 2.75) is 27.3 Å². The second-order valence-corrected chi connectivity index (χ2v) is 8.62. The van der Waals surface area contributed by atoms with E-state index in [2.05, 4.69) is 27.4 Å². The van der Waals surface area contributed by atoms with E-state index in [4.69, 9.17) is 4.98 Å². The van der Waals surface area contributed by atoms with Crippen molar-refractivity contribution in [1.29, 1.82) is 0 Å². The molecule has 0 unspecified atom stereocenters. The summed E-state index contributed by atoms with van der Waals surface area (Å²) in [7, 11) is 0. The molecule has 0 spiro atoms. The van der Waals surface area contributed by atoms with Gasteiger partial charge in [0.1, 0.15) is 10.7 Å². The number of carbonyl (C=O) groups excluding carboxylic acids is 2. The number of carbonyl (C=O) groups is 2. The highest BCUT2D eigenvalue weighted by Crippen LogP contribution is 2.24. The van der Waals surface area contributed by atoms with Crippen LogP contribution < -0.4 is 0 Å². The summed E-state index contributed by atoms with van der Waals surface area (Å²) >= 11 is 1.67. The molecule has 30 heavy (non-hydrogen) atoms. The Morgan fingerprint density at radius 3 is 2.43 bits per heavy atom. The van der Waals surface area contributed by atoms with Crippen LogP contribution in [0.5, 0.6) is 0 Å². The SMILES string of the molecule is CC(=O)c1c(C)[nH]c(C(=O)N2CCN(Cc3csc(-c4ccccc4)n3)CC2)c1C. The van der Waals surface area contributed by atoms with Crippen molar-refractivity contribution in [2.75, 3.05) is 26.2 Å². The molecule has 2 aromatic heterocycles. The highest BCUT2D eigenvalue weighted by Gasteiger charge is 2.27. The molecule has 1 fully saturated rings. The number of thiazole rings is 1. The maximum Gasteiger partial charge on any atom is 0.270 e. The molecule has 1 aliphatic rings. The maximum atomic E-state index is 13.0. The molecule has 3 aromatic rings. The van der Waals surface area contributed by atoms with Crippen LogP contribution in [0.4, 0.5) is 0 Å². The van der Waals surface area contributed by atoms with Gasteiger partial charge in [0.05, 0.1) is 5.69 Å². The summed E-state index contributed by atoms with van der Waals surface area (Å²) in [5.41, 5.74) is 4.90. The highest BCUT2D eigenvalue weighted by atomic mass is 32.1. The smallest absolute Gasteiger partial charge is 0.270 e. The van der Waals surface area contributed by atoms with Crippen LogP contribution in [0.25, 0.3) is 10.6 Å². The van der Waals surface area contributed by atoms with Gasteiger partial charge in [0.15, 0.2) is 5.78 Å². The van der Waals surface area contributed by atoms with Crippen LogP contribution in [0, 0.1) is 13.8 Å². The molecule has 0 saturated carbocycles.